The number of imidazole rings is 1. The van der Waals surface area contributed by atoms with Gasteiger partial charge >= 0.3 is 0 Å². The van der Waals surface area contributed by atoms with E-state index in [0.29, 0.717) is 13.2 Å². The number of halogens is 1. The quantitative estimate of drug-likeness (QED) is 0.612. The van der Waals surface area contributed by atoms with Crippen molar-refractivity contribution in [3.8, 4) is 0 Å². The molecule has 0 atom stereocenters. The number of aromatic nitrogens is 3. The van der Waals surface area contributed by atoms with E-state index >= 15 is 0 Å². The molecule has 4 rings (SSSR count). The molecule has 0 saturated carbocycles. The zero-order chi connectivity index (χ0) is 21.1. The van der Waals surface area contributed by atoms with Crippen molar-refractivity contribution >= 4 is 22.6 Å². The molecule has 1 fully saturated rings. The van der Waals surface area contributed by atoms with E-state index in [4.69, 9.17) is 9.84 Å². The molecule has 0 bridgehead atoms. The maximum Gasteiger partial charge on any atom is 0.156 e. The Hall–Kier alpha value is -3.39. The summed E-state index contributed by atoms with van der Waals surface area (Å²) in [6.45, 7) is 7.16. The lowest BCUT2D eigenvalue weighted by Gasteiger charge is -2.33. The Bertz CT molecular complexity index is 1080. The summed E-state index contributed by atoms with van der Waals surface area (Å²) in [6, 6.07) is 10.2. The number of hydrogen-bond donors (Lipinski definition) is 2. The number of ether oxygens (including phenoxy) is 1. The largest absolute Gasteiger partial charge is 0.378 e. The fraction of sp³-hybridized carbons (Fsp3) is 0.273. The second-order valence-corrected chi connectivity index (χ2v) is 6.96. The third kappa shape index (κ3) is 3.86. The van der Waals surface area contributed by atoms with Crippen molar-refractivity contribution in [2.45, 2.75) is 0 Å². The van der Waals surface area contributed by atoms with E-state index in [1.807, 2.05) is 32.4 Å². The summed E-state index contributed by atoms with van der Waals surface area (Å²) in [4.78, 5) is 6.69. The third-order valence-electron chi connectivity index (χ3n) is 5.13. The number of fused-ring (bicyclic) bond motifs is 1. The summed E-state index contributed by atoms with van der Waals surface area (Å²) in [7, 11) is 3.71. The van der Waals surface area contributed by atoms with Gasteiger partial charge < -0.3 is 20.3 Å². The number of nitrogens with one attached hydrogen (secondary N) is 2. The minimum atomic E-state index is -0.281. The summed E-state index contributed by atoms with van der Waals surface area (Å²) >= 11 is 0. The van der Waals surface area contributed by atoms with Gasteiger partial charge in [-0.05, 0) is 35.4 Å². The fourth-order valence-electron chi connectivity index (χ4n) is 3.58. The van der Waals surface area contributed by atoms with Crippen LogP contribution >= 0.6 is 0 Å². The van der Waals surface area contributed by atoms with Crippen LogP contribution in [0.1, 0.15) is 11.3 Å². The summed E-state index contributed by atoms with van der Waals surface area (Å²) in [5.41, 5.74) is 3.93. The summed E-state index contributed by atoms with van der Waals surface area (Å²) in [5, 5.41) is 11.2. The summed E-state index contributed by atoms with van der Waals surface area (Å²) in [6.07, 6.45) is 1.84. The Morgan fingerprint density at radius 1 is 1.10 bits per heavy atom. The Balaban J connectivity index is 1.86. The standard InChI is InChI=1S/C22H25FN6O/c1-15(16-4-6-17(23)7-5-16)21(22(25-3)28-10-12-30-13-11-28)18-8-9-20-26-19(24-2)14-29(20)27-18/h4-9,14,24-25H,1,10-13H2,2-3H3/b22-21-. The molecule has 0 aliphatic carbocycles. The van der Waals surface area contributed by atoms with E-state index in [9.17, 15) is 4.39 Å². The van der Waals surface area contributed by atoms with Crippen molar-refractivity contribution in [2.24, 2.45) is 0 Å². The van der Waals surface area contributed by atoms with Crippen LogP contribution in [0.4, 0.5) is 10.2 Å². The van der Waals surface area contributed by atoms with Crippen molar-refractivity contribution < 1.29 is 9.13 Å². The lowest BCUT2D eigenvalue weighted by Crippen LogP contribution is -2.40. The molecule has 3 heterocycles. The molecule has 156 valence electrons. The average Bonchev–Trinajstić information content (AvgIpc) is 3.20. The lowest BCUT2D eigenvalue weighted by molar-refractivity contribution is 0.0513. The van der Waals surface area contributed by atoms with Gasteiger partial charge in [0.1, 0.15) is 17.5 Å². The van der Waals surface area contributed by atoms with Gasteiger partial charge in [0, 0.05) is 32.8 Å². The van der Waals surface area contributed by atoms with Crippen LogP contribution in [0.2, 0.25) is 0 Å². The lowest BCUT2D eigenvalue weighted by atomic mass is 9.96. The van der Waals surface area contributed by atoms with Crippen LogP contribution < -0.4 is 10.6 Å². The van der Waals surface area contributed by atoms with E-state index in [1.54, 1.807) is 16.6 Å². The zero-order valence-electron chi connectivity index (χ0n) is 17.2. The number of nitrogens with zero attached hydrogens (tertiary/aromatic N) is 4. The Morgan fingerprint density at radius 2 is 1.83 bits per heavy atom. The molecule has 8 heteroatoms. The van der Waals surface area contributed by atoms with Gasteiger partial charge in [-0.3, -0.25) is 0 Å². The van der Waals surface area contributed by atoms with E-state index in [1.165, 1.54) is 12.1 Å². The molecule has 0 radical (unpaired) electrons. The number of morpholine rings is 1. The van der Waals surface area contributed by atoms with Gasteiger partial charge in [0.25, 0.3) is 0 Å². The van der Waals surface area contributed by atoms with E-state index in [0.717, 1.165) is 52.8 Å². The highest BCUT2D eigenvalue weighted by Gasteiger charge is 2.22. The van der Waals surface area contributed by atoms with Gasteiger partial charge in [-0.2, -0.15) is 5.10 Å². The number of benzene rings is 1. The Morgan fingerprint density at radius 3 is 2.50 bits per heavy atom. The Kier molecular flexibility index (Phi) is 5.67. The molecule has 1 aromatic carbocycles. The van der Waals surface area contributed by atoms with Crippen molar-refractivity contribution in [1.82, 2.24) is 24.8 Å². The second kappa shape index (κ2) is 8.54. The highest BCUT2D eigenvalue weighted by molar-refractivity contribution is 6.04. The molecule has 7 nitrogen and oxygen atoms in total. The molecule has 2 N–H and O–H groups in total. The fourth-order valence-corrected chi connectivity index (χ4v) is 3.58. The monoisotopic (exact) mass is 408 g/mol. The molecular formula is C22H25FN6O. The Labute approximate surface area is 174 Å². The molecule has 0 unspecified atom stereocenters. The highest BCUT2D eigenvalue weighted by atomic mass is 19.1. The first kappa shape index (κ1) is 19.9. The number of anilines is 1. The van der Waals surface area contributed by atoms with Crippen molar-refractivity contribution in [3.63, 3.8) is 0 Å². The minimum Gasteiger partial charge on any atom is -0.378 e. The molecule has 1 aliphatic rings. The third-order valence-corrected chi connectivity index (χ3v) is 5.13. The van der Waals surface area contributed by atoms with Crippen LogP contribution in [0, 0.1) is 5.82 Å². The van der Waals surface area contributed by atoms with Gasteiger partial charge in [-0.25, -0.2) is 13.9 Å². The van der Waals surface area contributed by atoms with Crippen LogP contribution in [-0.4, -0.2) is 59.9 Å². The first-order chi connectivity index (χ1) is 14.6. The molecule has 3 aromatic rings. The predicted molar refractivity (Wildman–Crippen MR) is 116 cm³/mol. The summed E-state index contributed by atoms with van der Waals surface area (Å²) < 4.78 is 20.8. The highest BCUT2D eigenvalue weighted by Crippen LogP contribution is 2.32. The molecule has 1 aliphatic heterocycles. The molecular weight excluding hydrogens is 383 g/mol. The minimum absolute atomic E-state index is 0.281. The first-order valence-corrected chi connectivity index (χ1v) is 9.85. The molecule has 0 amide bonds. The smallest absolute Gasteiger partial charge is 0.156 e. The second-order valence-electron chi connectivity index (χ2n) is 6.96. The maximum absolute atomic E-state index is 13.5. The SMILES string of the molecule is C=C(/C(=C(\NC)N1CCOCC1)c1ccc2nc(NC)cn2n1)c1ccc(F)cc1. The average molecular weight is 408 g/mol. The topological polar surface area (TPSA) is 66.7 Å². The van der Waals surface area contributed by atoms with Gasteiger partial charge in [-0.1, -0.05) is 18.7 Å². The normalized spacial score (nSPS) is 15.1. The number of allylic oxidation sites excluding steroid dienone is 2. The van der Waals surface area contributed by atoms with Gasteiger partial charge in [0.2, 0.25) is 0 Å². The van der Waals surface area contributed by atoms with Crippen molar-refractivity contribution in [1.29, 1.82) is 0 Å². The van der Waals surface area contributed by atoms with Gasteiger partial charge in [0.05, 0.1) is 25.1 Å². The van der Waals surface area contributed by atoms with Crippen LogP contribution in [0.5, 0.6) is 0 Å². The molecule has 30 heavy (non-hydrogen) atoms. The van der Waals surface area contributed by atoms with E-state index < -0.39 is 0 Å². The first-order valence-electron chi connectivity index (χ1n) is 9.85. The van der Waals surface area contributed by atoms with E-state index in [-0.39, 0.29) is 5.82 Å². The van der Waals surface area contributed by atoms with Gasteiger partial charge in [0.15, 0.2) is 5.65 Å². The van der Waals surface area contributed by atoms with Crippen molar-refractivity contribution in [2.75, 3.05) is 45.7 Å². The van der Waals surface area contributed by atoms with Crippen molar-refractivity contribution in [3.05, 3.63) is 72.1 Å². The maximum atomic E-state index is 13.5. The number of rotatable bonds is 6. The zero-order valence-corrected chi connectivity index (χ0v) is 17.2. The number of hydrogen-bond acceptors (Lipinski definition) is 6. The van der Waals surface area contributed by atoms with Crippen LogP contribution in [0.25, 0.3) is 16.8 Å². The molecule has 1 saturated heterocycles. The van der Waals surface area contributed by atoms with Crippen LogP contribution in [-0.2, 0) is 4.74 Å². The molecule has 2 aromatic heterocycles. The predicted octanol–water partition coefficient (Wildman–Crippen LogP) is 2.84. The molecule has 0 spiro atoms. The van der Waals surface area contributed by atoms with Gasteiger partial charge in [-0.15, -0.1) is 0 Å². The summed E-state index contributed by atoms with van der Waals surface area (Å²) in [5.74, 6) is 1.37. The van der Waals surface area contributed by atoms with Crippen LogP contribution in [0.3, 0.4) is 0 Å². The van der Waals surface area contributed by atoms with Crippen LogP contribution in [0.15, 0.2) is 55.0 Å². The van der Waals surface area contributed by atoms with E-state index in [2.05, 4.69) is 27.1 Å².